The van der Waals surface area contributed by atoms with Gasteiger partial charge in [0.25, 0.3) is 11.7 Å². The van der Waals surface area contributed by atoms with E-state index in [0.717, 1.165) is 5.56 Å². The first-order chi connectivity index (χ1) is 9.20. The van der Waals surface area contributed by atoms with Crippen LogP contribution in [0.3, 0.4) is 0 Å². The molecular weight excluding hydrogens is 246 g/mol. The fourth-order valence-corrected chi connectivity index (χ4v) is 2.19. The number of amides is 1. The summed E-state index contributed by atoms with van der Waals surface area (Å²) in [5.41, 5.74) is 1.17. The molecule has 102 valence electrons. The molecule has 0 spiro atoms. The van der Waals surface area contributed by atoms with Gasteiger partial charge in [0.05, 0.1) is 6.61 Å². The summed E-state index contributed by atoms with van der Waals surface area (Å²) in [4.78, 5) is 25.6. The third-order valence-electron chi connectivity index (χ3n) is 3.07. The number of ether oxygens (including phenoxy) is 2. The third kappa shape index (κ3) is 2.52. The molecule has 1 aliphatic heterocycles. The van der Waals surface area contributed by atoms with Crippen molar-refractivity contribution in [2.24, 2.45) is 0 Å². The minimum atomic E-state index is -0.533. The molecule has 19 heavy (non-hydrogen) atoms. The summed E-state index contributed by atoms with van der Waals surface area (Å²) in [5.74, 6) is -1.02. The Morgan fingerprint density at radius 1 is 1.26 bits per heavy atom. The zero-order chi connectivity index (χ0) is 13.8. The van der Waals surface area contributed by atoms with Crippen molar-refractivity contribution in [3.05, 3.63) is 35.4 Å². The SMILES string of the molecule is CCOC1c2ccccc2C(=O)C(=O)N1CCOC. The molecule has 1 heterocycles. The van der Waals surface area contributed by atoms with Crippen molar-refractivity contribution in [1.29, 1.82) is 0 Å². The minimum absolute atomic E-state index is 0.333. The molecule has 1 aliphatic rings. The normalized spacial score (nSPS) is 18.6. The molecule has 1 atom stereocenters. The van der Waals surface area contributed by atoms with Crippen molar-refractivity contribution in [2.45, 2.75) is 13.2 Å². The van der Waals surface area contributed by atoms with E-state index in [2.05, 4.69) is 0 Å². The van der Waals surface area contributed by atoms with Gasteiger partial charge in [-0.3, -0.25) is 9.59 Å². The van der Waals surface area contributed by atoms with E-state index in [1.165, 1.54) is 4.90 Å². The molecule has 0 saturated carbocycles. The van der Waals surface area contributed by atoms with E-state index in [0.29, 0.717) is 25.3 Å². The average molecular weight is 263 g/mol. The van der Waals surface area contributed by atoms with Crippen molar-refractivity contribution in [2.75, 3.05) is 26.9 Å². The highest BCUT2D eigenvalue weighted by Gasteiger charge is 2.38. The van der Waals surface area contributed by atoms with E-state index in [9.17, 15) is 9.59 Å². The molecule has 0 N–H and O–H groups in total. The maximum Gasteiger partial charge on any atom is 0.297 e. The molecule has 5 nitrogen and oxygen atoms in total. The van der Waals surface area contributed by atoms with Crippen molar-refractivity contribution in [3.63, 3.8) is 0 Å². The lowest BCUT2D eigenvalue weighted by molar-refractivity contribution is -0.144. The maximum atomic E-state index is 12.1. The highest BCUT2D eigenvalue weighted by Crippen LogP contribution is 2.30. The van der Waals surface area contributed by atoms with Gasteiger partial charge in [-0.15, -0.1) is 0 Å². The van der Waals surface area contributed by atoms with E-state index in [-0.39, 0.29) is 0 Å². The number of Topliss-reactive ketones (excluding diaryl/α,β-unsaturated/α-hetero) is 1. The average Bonchev–Trinajstić information content (AvgIpc) is 2.44. The zero-order valence-electron chi connectivity index (χ0n) is 11.1. The van der Waals surface area contributed by atoms with Gasteiger partial charge in [0.2, 0.25) is 0 Å². The third-order valence-corrected chi connectivity index (χ3v) is 3.07. The van der Waals surface area contributed by atoms with Crippen LogP contribution in [0, 0.1) is 0 Å². The lowest BCUT2D eigenvalue weighted by atomic mass is 9.96. The molecule has 0 fully saturated rings. The Labute approximate surface area is 112 Å². The number of hydrogen-bond acceptors (Lipinski definition) is 4. The van der Waals surface area contributed by atoms with Crippen LogP contribution in [0.15, 0.2) is 24.3 Å². The van der Waals surface area contributed by atoms with Crippen molar-refractivity contribution in [3.8, 4) is 0 Å². The fraction of sp³-hybridized carbons (Fsp3) is 0.429. The van der Waals surface area contributed by atoms with Crippen LogP contribution in [0.1, 0.15) is 29.1 Å². The molecule has 0 aliphatic carbocycles. The second kappa shape index (κ2) is 5.95. The monoisotopic (exact) mass is 263 g/mol. The molecule has 2 rings (SSSR count). The Morgan fingerprint density at radius 2 is 2.00 bits per heavy atom. The van der Waals surface area contributed by atoms with E-state index < -0.39 is 17.9 Å². The summed E-state index contributed by atoms with van der Waals surface area (Å²) < 4.78 is 10.6. The second-order valence-electron chi connectivity index (χ2n) is 4.22. The number of benzene rings is 1. The quantitative estimate of drug-likeness (QED) is 0.753. The van der Waals surface area contributed by atoms with Gasteiger partial charge >= 0.3 is 0 Å². The smallest absolute Gasteiger partial charge is 0.297 e. The lowest BCUT2D eigenvalue weighted by Crippen LogP contribution is -2.46. The number of fused-ring (bicyclic) bond motifs is 1. The van der Waals surface area contributed by atoms with Crippen molar-refractivity contribution >= 4 is 11.7 Å². The number of nitrogens with zero attached hydrogens (tertiary/aromatic N) is 1. The summed E-state index contributed by atoms with van der Waals surface area (Å²) >= 11 is 0. The molecule has 1 unspecified atom stereocenters. The van der Waals surface area contributed by atoms with Gasteiger partial charge in [-0.2, -0.15) is 0 Å². The Kier molecular flexibility index (Phi) is 4.29. The molecule has 0 radical (unpaired) electrons. The van der Waals surface area contributed by atoms with Crippen molar-refractivity contribution < 1.29 is 19.1 Å². The molecule has 1 aromatic rings. The van der Waals surface area contributed by atoms with Crippen LogP contribution in [-0.4, -0.2) is 43.5 Å². The maximum absolute atomic E-state index is 12.1. The van der Waals surface area contributed by atoms with Crippen LogP contribution < -0.4 is 0 Å². The number of ketones is 1. The van der Waals surface area contributed by atoms with Crippen LogP contribution in [-0.2, 0) is 14.3 Å². The number of hydrogen-bond donors (Lipinski definition) is 0. The fourth-order valence-electron chi connectivity index (χ4n) is 2.19. The first-order valence-electron chi connectivity index (χ1n) is 6.25. The van der Waals surface area contributed by atoms with E-state index in [1.807, 2.05) is 19.1 Å². The first kappa shape index (κ1) is 13.7. The van der Waals surface area contributed by atoms with Crippen LogP contribution in [0.25, 0.3) is 0 Å². The predicted molar refractivity (Wildman–Crippen MR) is 68.7 cm³/mol. The Bertz CT molecular complexity index is 486. The highest BCUT2D eigenvalue weighted by molar-refractivity contribution is 6.43. The second-order valence-corrected chi connectivity index (χ2v) is 4.22. The summed E-state index contributed by atoms with van der Waals surface area (Å²) in [6.07, 6.45) is -0.512. The van der Waals surface area contributed by atoms with Crippen LogP contribution in [0.5, 0.6) is 0 Å². The predicted octanol–water partition coefficient (Wildman–Crippen LogP) is 1.39. The summed E-state index contributed by atoms with van der Waals surface area (Å²) in [6.45, 7) is 3.02. The van der Waals surface area contributed by atoms with Gasteiger partial charge < -0.3 is 14.4 Å². The summed E-state index contributed by atoms with van der Waals surface area (Å²) in [6, 6.07) is 7.06. The van der Waals surface area contributed by atoms with Crippen LogP contribution in [0.4, 0.5) is 0 Å². The van der Waals surface area contributed by atoms with E-state index in [1.54, 1.807) is 19.2 Å². The lowest BCUT2D eigenvalue weighted by Gasteiger charge is -2.35. The highest BCUT2D eigenvalue weighted by atomic mass is 16.5. The molecule has 0 aromatic heterocycles. The van der Waals surface area contributed by atoms with Gasteiger partial charge in [0.15, 0.2) is 6.23 Å². The Morgan fingerprint density at radius 3 is 2.68 bits per heavy atom. The van der Waals surface area contributed by atoms with Crippen LogP contribution >= 0.6 is 0 Å². The standard InChI is InChI=1S/C14H17NO4/c1-3-19-14-11-7-5-4-6-10(11)12(16)13(17)15(14)8-9-18-2/h4-7,14H,3,8-9H2,1-2H3. The van der Waals surface area contributed by atoms with Gasteiger partial charge in [-0.05, 0) is 6.92 Å². The Hall–Kier alpha value is -1.72. The summed E-state index contributed by atoms with van der Waals surface area (Å²) in [7, 11) is 1.56. The Balaban J connectivity index is 2.40. The van der Waals surface area contributed by atoms with Gasteiger partial charge in [0.1, 0.15) is 0 Å². The first-order valence-corrected chi connectivity index (χ1v) is 6.25. The van der Waals surface area contributed by atoms with Gasteiger partial charge in [-0.25, -0.2) is 0 Å². The molecule has 5 heteroatoms. The largest absolute Gasteiger partial charge is 0.383 e. The number of carbonyl (C=O) groups is 2. The zero-order valence-corrected chi connectivity index (χ0v) is 11.1. The molecular formula is C14H17NO4. The van der Waals surface area contributed by atoms with Crippen LogP contribution in [0.2, 0.25) is 0 Å². The topological polar surface area (TPSA) is 55.8 Å². The molecule has 1 amide bonds. The summed E-state index contributed by atoms with van der Waals surface area (Å²) in [5, 5.41) is 0. The number of rotatable bonds is 5. The van der Waals surface area contributed by atoms with Crippen molar-refractivity contribution in [1.82, 2.24) is 4.90 Å². The molecule has 0 bridgehead atoms. The van der Waals surface area contributed by atoms with Gasteiger partial charge in [-0.1, -0.05) is 24.3 Å². The van der Waals surface area contributed by atoms with E-state index >= 15 is 0 Å². The minimum Gasteiger partial charge on any atom is -0.383 e. The number of methoxy groups -OCH3 is 1. The molecule has 1 aromatic carbocycles. The molecule has 0 saturated heterocycles. The number of carbonyl (C=O) groups excluding carboxylic acids is 2. The van der Waals surface area contributed by atoms with Gasteiger partial charge in [0, 0.05) is 31.4 Å². The van der Waals surface area contributed by atoms with E-state index in [4.69, 9.17) is 9.47 Å².